The maximum absolute atomic E-state index is 13.4. The number of hydrogen-bond donors (Lipinski definition) is 0. The summed E-state index contributed by atoms with van der Waals surface area (Å²) >= 11 is 13.2. The molecule has 4 amide bonds. The predicted octanol–water partition coefficient (Wildman–Crippen LogP) is 5.51. The number of carbonyl (C=O) groups is 4. The maximum Gasteiger partial charge on any atom is 0.267 e. The second-order valence-electron chi connectivity index (χ2n) is 12.0. The molecule has 0 unspecified atom stereocenters. The lowest BCUT2D eigenvalue weighted by atomic mass is 9.99. The Hall–Kier alpha value is -3.06. The van der Waals surface area contributed by atoms with Crippen LogP contribution in [0.25, 0.3) is 0 Å². The van der Waals surface area contributed by atoms with Crippen LogP contribution in [-0.2, 0) is 19.2 Å². The highest BCUT2D eigenvalue weighted by molar-refractivity contribution is 8.29. The van der Waals surface area contributed by atoms with Crippen molar-refractivity contribution in [2.45, 2.75) is 50.4 Å². The molecule has 4 aliphatic rings. The molecule has 2 aromatic carbocycles. The molecule has 0 N–H and O–H groups in total. The van der Waals surface area contributed by atoms with E-state index in [2.05, 4.69) is 24.3 Å². The second kappa shape index (κ2) is 14.8. The molecule has 6 rings (SSSR count). The topological polar surface area (TPSA) is 81.2 Å². The molecule has 0 radical (unpaired) electrons. The summed E-state index contributed by atoms with van der Waals surface area (Å²) in [6, 6.07) is 20.5. The molecule has 12 heteroatoms. The van der Waals surface area contributed by atoms with Crippen molar-refractivity contribution in [3.05, 3.63) is 81.6 Å². The molecular formula is C34H36N4O4S4. The summed E-state index contributed by atoms with van der Waals surface area (Å²) < 4.78 is 0.765. The van der Waals surface area contributed by atoms with Crippen molar-refractivity contribution >= 4 is 80.2 Å². The van der Waals surface area contributed by atoms with Crippen LogP contribution in [-0.4, -0.2) is 91.1 Å². The molecule has 2 atom stereocenters. The van der Waals surface area contributed by atoms with Crippen molar-refractivity contribution < 1.29 is 19.2 Å². The van der Waals surface area contributed by atoms with Crippen LogP contribution in [0.1, 0.15) is 61.5 Å². The highest BCUT2D eigenvalue weighted by Crippen LogP contribution is 2.42. The summed E-state index contributed by atoms with van der Waals surface area (Å²) in [5.41, 5.74) is 2.52. The van der Waals surface area contributed by atoms with E-state index in [4.69, 9.17) is 24.4 Å². The number of benzene rings is 2. The third-order valence-electron chi connectivity index (χ3n) is 9.07. The molecule has 0 aliphatic carbocycles. The highest BCUT2D eigenvalue weighted by Gasteiger charge is 2.42. The van der Waals surface area contributed by atoms with Gasteiger partial charge in [-0.2, -0.15) is 0 Å². The number of thiocarbonyl (C=S) groups is 2. The van der Waals surface area contributed by atoms with Gasteiger partial charge in [-0.05, 0) is 36.8 Å². The number of likely N-dealkylation sites (tertiary alicyclic amines) is 2. The highest BCUT2D eigenvalue weighted by atomic mass is 32.2. The van der Waals surface area contributed by atoms with Crippen LogP contribution in [0.15, 0.2) is 70.5 Å². The lowest BCUT2D eigenvalue weighted by Crippen LogP contribution is -2.33. The monoisotopic (exact) mass is 692 g/mol. The molecule has 4 saturated heterocycles. The lowest BCUT2D eigenvalue weighted by Gasteiger charge is -2.18. The first-order valence-corrected chi connectivity index (χ1v) is 18.2. The molecular weight excluding hydrogens is 657 g/mol. The Morgan fingerprint density at radius 1 is 0.652 bits per heavy atom. The van der Waals surface area contributed by atoms with Gasteiger partial charge >= 0.3 is 0 Å². The normalized spacial score (nSPS) is 23.4. The van der Waals surface area contributed by atoms with Gasteiger partial charge in [0, 0.05) is 63.9 Å². The largest absolute Gasteiger partial charge is 0.342 e. The number of carbonyl (C=O) groups excluding carboxylic acids is 4. The van der Waals surface area contributed by atoms with E-state index in [0.717, 1.165) is 49.5 Å². The third-order valence-corrected chi connectivity index (χ3v) is 12.1. The van der Waals surface area contributed by atoms with Crippen LogP contribution >= 0.6 is 48.0 Å². The van der Waals surface area contributed by atoms with E-state index in [9.17, 15) is 19.2 Å². The van der Waals surface area contributed by atoms with Gasteiger partial charge in [0.2, 0.25) is 11.8 Å². The van der Waals surface area contributed by atoms with E-state index >= 15 is 0 Å². The lowest BCUT2D eigenvalue weighted by molar-refractivity contribution is -0.131. The van der Waals surface area contributed by atoms with Crippen LogP contribution in [0.2, 0.25) is 0 Å². The van der Waals surface area contributed by atoms with Crippen LogP contribution in [0.3, 0.4) is 0 Å². The quantitative estimate of drug-likeness (QED) is 0.238. The van der Waals surface area contributed by atoms with E-state index in [1.807, 2.05) is 46.2 Å². The summed E-state index contributed by atoms with van der Waals surface area (Å²) in [6.07, 6.45) is 3.55. The van der Waals surface area contributed by atoms with Gasteiger partial charge in [0.25, 0.3) is 11.8 Å². The molecule has 0 aromatic heterocycles. The van der Waals surface area contributed by atoms with Crippen molar-refractivity contribution in [3.63, 3.8) is 0 Å². The molecule has 2 aromatic rings. The first-order chi connectivity index (χ1) is 22.3. The Labute approximate surface area is 288 Å². The fourth-order valence-corrected chi connectivity index (χ4v) is 9.29. The zero-order chi connectivity index (χ0) is 32.2. The van der Waals surface area contributed by atoms with Crippen LogP contribution in [0.4, 0.5) is 0 Å². The molecule has 4 heterocycles. The van der Waals surface area contributed by atoms with E-state index in [1.165, 1.54) is 20.9 Å². The van der Waals surface area contributed by atoms with Gasteiger partial charge in [0.15, 0.2) is 0 Å². The summed E-state index contributed by atoms with van der Waals surface area (Å²) in [5, 5.41) is 0. The molecule has 0 bridgehead atoms. The summed E-state index contributed by atoms with van der Waals surface area (Å²) in [5.74, 6) is 0.256. The van der Waals surface area contributed by atoms with Crippen molar-refractivity contribution in [2.24, 2.45) is 0 Å². The average Bonchev–Trinajstić information content (AvgIpc) is 3.87. The standard InChI is InChI=1S/C34H36N4O4S4/c39-27(35-19-15-25(21-35)23-9-3-1-4-10-23)13-7-17-37-31(41)29(45-33(37)43)30-32(42)38(34(44)46-30)18-8-14-28(40)36-20-16-26(22-36)24-11-5-2-6-12-24/h1-6,9-12,25-26H,7-8,13-22H2/b30-29+/t25-,26-/m0/s1. The minimum Gasteiger partial charge on any atom is -0.342 e. The Morgan fingerprint density at radius 3 is 1.43 bits per heavy atom. The molecule has 46 heavy (non-hydrogen) atoms. The molecule has 0 saturated carbocycles. The molecule has 4 aliphatic heterocycles. The fourth-order valence-electron chi connectivity index (χ4n) is 6.52. The zero-order valence-electron chi connectivity index (χ0n) is 25.5. The van der Waals surface area contributed by atoms with Crippen LogP contribution in [0.5, 0.6) is 0 Å². The summed E-state index contributed by atoms with van der Waals surface area (Å²) in [6.45, 7) is 3.55. The summed E-state index contributed by atoms with van der Waals surface area (Å²) in [4.78, 5) is 59.9. The zero-order valence-corrected chi connectivity index (χ0v) is 28.7. The van der Waals surface area contributed by atoms with Crippen molar-refractivity contribution in [3.8, 4) is 0 Å². The molecule has 240 valence electrons. The van der Waals surface area contributed by atoms with Crippen LogP contribution < -0.4 is 0 Å². The number of hydrogen-bond acceptors (Lipinski definition) is 8. The van der Waals surface area contributed by atoms with Crippen molar-refractivity contribution in [1.29, 1.82) is 0 Å². The van der Waals surface area contributed by atoms with E-state index < -0.39 is 0 Å². The fraction of sp³-hybridized carbons (Fsp3) is 0.412. The Morgan fingerprint density at radius 2 is 1.04 bits per heavy atom. The van der Waals surface area contributed by atoms with Gasteiger partial charge in [-0.25, -0.2) is 0 Å². The van der Waals surface area contributed by atoms with E-state index in [0.29, 0.717) is 82.1 Å². The number of nitrogens with zero attached hydrogens (tertiary/aromatic N) is 4. The van der Waals surface area contributed by atoms with Crippen molar-refractivity contribution in [2.75, 3.05) is 39.3 Å². The third kappa shape index (κ3) is 7.25. The van der Waals surface area contributed by atoms with Gasteiger partial charge in [-0.1, -0.05) is 109 Å². The van der Waals surface area contributed by atoms with Gasteiger partial charge in [0.05, 0.1) is 9.81 Å². The summed E-state index contributed by atoms with van der Waals surface area (Å²) in [7, 11) is 0. The second-order valence-corrected chi connectivity index (χ2v) is 15.3. The Bertz CT molecular complexity index is 1450. The minimum atomic E-state index is -0.314. The first kappa shape index (κ1) is 32.9. The number of amides is 4. The van der Waals surface area contributed by atoms with E-state index in [-0.39, 0.29) is 23.6 Å². The smallest absolute Gasteiger partial charge is 0.267 e. The van der Waals surface area contributed by atoms with Crippen molar-refractivity contribution in [1.82, 2.24) is 19.6 Å². The number of thioether (sulfide) groups is 2. The predicted molar refractivity (Wildman–Crippen MR) is 190 cm³/mol. The minimum absolute atomic E-state index is 0.0870. The Kier molecular flexibility index (Phi) is 10.6. The average molecular weight is 693 g/mol. The van der Waals surface area contributed by atoms with E-state index in [1.54, 1.807) is 0 Å². The number of rotatable bonds is 10. The van der Waals surface area contributed by atoms with Gasteiger partial charge in [-0.3, -0.25) is 29.0 Å². The Balaban J connectivity index is 0.962. The molecule has 8 nitrogen and oxygen atoms in total. The van der Waals surface area contributed by atoms with Gasteiger partial charge < -0.3 is 9.80 Å². The molecule has 4 fully saturated rings. The maximum atomic E-state index is 13.4. The van der Waals surface area contributed by atoms with Gasteiger partial charge in [-0.15, -0.1) is 0 Å². The SMILES string of the molecule is O=C(CCCN1C(=O)/C(=C2\SC(=S)N(CCCC(=O)N3CC[C@H](c4ccccc4)C3)C2=O)SC1=S)N1CC[C@H](c2ccccc2)C1. The van der Waals surface area contributed by atoms with Gasteiger partial charge in [0.1, 0.15) is 8.64 Å². The van der Waals surface area contributed by atoms with Crippen LogP contribution in [0, 0.1) is 0 Å². The molecule has 0 spiro atoms. The first-order valence-electron chi connectivity index (χ1n) is 15.8.